The lowest BCUT2D eigenvalue weighted by atomic mass is 9.85. The third-order valence-electron chi connectivity index (χ3n) is 4.40. The van der Waals surface area contributed by atoms with E-state index in [1.807, 2.05) is 0 Å². The van der Waals surface area contributed by atoms with Crippen molar-refractivity contribution in [1.29, 1.82) is 0 Å². The van der Waals surface area contributed by atoms with Crippen molar-refractivity contribution in [1.82, 2.24) is 9.80 Å². The van der Waals surface area contributed by atoms with Crippen molar-refractivity contribution in [3.05, 3.63) is 0 Å². The van der Waals surface area contributed by atoms with Crippen LogP contribution in [-0.4, -0.2) is 48.6 Å². The third kappa shape index (κ3) is 2.54. The van der Waals surface area contributed by atoms with Crippen LogP contribution in [0.4, 0.5) is 0 Å². The summed E-state index contributed by atoms with van der Waals surface area (Å²) < 4.78 is 0. The van der Waals surface area contributed by atoms with E-state index in [1.54, 1.807) is 0 Å². The summed E-state index contributed by atoms with van der Waals surface area (Å²) in [5, 5.41) is 0. The molecule has 0 aliphatic carbocycles. The summed E-state index contributed by atoms with van der Waals surface area (Å²) in [6, 6.07) is 0.905. The highest BCUT2D eigenvalue weighted by atomic mass is 15.2. The summed E-state index contributed by atoms with van der Waals surface area (Å²) in [7, 11) is 0. The molecule has 0 aromatic carbocycles. The molecule has 0 spiro atoms. The molecule has 2 fully saturated rings. The highest BCUT2D eigenvalue weighted by Crippen LogP contribution is 2.28. The lowest BCUT2D eigenvalue weighted by Crippen LogP contribution is -2.56. The van der Waals surface area contributed by atoms with Crippen LogP contribution in [0.15, 0.2) is 0 Å². The maximum absolute atomic E-state index is 2.72. The first-order chi connectivity index (χ1) is 7.20. The monoisotopic (exact) mass is 210 g/mol. The van der Waals surface area contributed by atoms with Gasteiger partial charge in [0.05, 0.1) is 0 Å². The topological polar surface area (TPSA) is 6.48 Å². The van der Waals surface area contributed by atoms with E-state index in [0.29, 0.717) is 0 Å². The highest BCUT2D eigenvalue weighted by Gasteiger charge is 2.34. The average Bonchev–Trinajstić information content (AvgIpc) is 2.16. The molecular weight excluding hydrogens is 184 g/mol. The molecule has 2 aliphatic heterocycles. The smallest absolute Gasteiger partial charge is 0.0120 e. The van der Waals surface area contributed by atoms with Gasteiger partial charge in [0.15, 0.2) is 0 Å². The highest BCUT2D eigenvalue weighted by molar-refractivity contribution is 4.89. The molecule has 88 valence electrons. The minimum atomic E-state index is 0.886. The standard InChI is InChI=1S/C13H26N2/c1-4-14-7-5-13(6-8-14)15-9-12(10-15)11(2)3/h11-13H,4-10H2,1-3H3. The van der Waals surface area contributed by atoms with Crippen LogP contribution in [-0.2, 0) is 0 Å². The van der Waals surface area contributed by atoms with Crippen molar-refractivity contribution in [3.8, 4) is 0 Å². The Bertz CT molecular complexity index is 189. The third-order valence-corrected chi connectivity index (χ3v) is 4.40. The minimum absolute atomic E-state index is 0.886. The second kappa shape index (κ2) is 4.84. The van der Waals surface area contributed by atoms with E-state index in [-0.39, 0.29) is 0 Å². The first-order valence-corrected chi connectivity index (χ1v) is 6.67. The van der Waals surface area contributed by atoms with E-state index >= 15 is 0 Å². The van der Waals surface area contributed by atoms with Gasteiger partial charge in [-0.05, 0) is 44.3 Å². The van der Waals surface area contributed by atoms with Gasteiger partial charge >= 0.3 is 0 Å². The number of likely N-dealkylation sites (tertiary alicyclic amines) is 2. The molecule has 2 heteroatoms. The van der Waals surface area contributed by atoms with E-state index in [1.165, 1.54) is 45.6 Å². The molecular formula is C13H26N2. The average molecular weight is 210 g/mol. The fourth-order valence-corrected chi connectivity index (χ4v) is 2.87. The SMILES string of the molecule is CCN1CCC(N2CC(C(C)C)C2)CC1. The summed E-state index contributed by atoms with van der Waals surface area (Å²) in [6.07, 6.45) is 2.80. The Balaban J connectivity index is 1.70. The van der Waals surface area contributed by atoms with Crippen LogP contribution < -0.4 is 0 Å². The van der Waals surface area contributed by atoms with Gasteiger partial charge in [-0.15, -0.1) is 0 Å². The molecule has 0 bridgehead atoms. The zero-order valence-electron chi connectivity index (χ0n) is 10.6. The van der Waals surface area contributed by atoms with Crippen LogP contribution in [0.1, 0.15) is 33.6 Å². The van der Waals surface area contributed by atoms with E-state index < -0.39 is 0 Å². The number of piperidine rings is 1. The molecule has 2 heterocycles. The van der Waals surface area contributed by atoms with E-state index in [2.05, 4.69) is 30.6 Å². The number of hydrogen-bond donors (Lipinski definition) is 0. The van der Waals surface area contributed by atoms with Crippen LogP contribution in [0.5, 0.6) is 0 Å². The van der Waals surface area contributed by atoms with Crippen LogP contribution in [0, 0.1) is 11.8 Å². The summed E-state index contributed by atoms with van der Waals surface area (Å²) >= 11 is 0. The van der Waals surface area contributed by atoms with Gasteiger partial charge in [-0.3, -0.25) is 4.90 Å². The first-order valence-electron chi connectivity index (χ1n) is 6.67. The van der Waals surface area contributed by atoms with Gasteiger partial charge in [0.2, 0.25) is 0 Å². The Morgan fingerprint density at radius 1 is 1.13 bits per heavy atom. The second-order valence-electron chi connectivity index (χ2n) is 5.62. The summed E-state index contributed by atoms with van der Waals surface area (Å²) in [6.45, 7) is 13.6. The van der Waals surface area contributed by atoms with Crippen molar-refractivity contribution in [2.45, 2.75) is 39.7 Å². The molecule has 0 aromatic rings. The lowest BCUT2D eigenvalue weighted by Gasteiger charge is -2.48. The zero-order valence-corrected chi connectivity index (χ0v) is 10.6. The molecule has 15 heavy (non-hydrogen) atoms. The van der Waals surface area contributed by atoms with Crippen LogP contribution in [0.25, 0.3) is 0 Å². The fourth-order valence-electron chi connectivity index (χ4n) is 2.87. The molecule has 0 aromatic heterocycles. The lowest BCUT2D eigenvalue weighted by molar-refractivity contribution is 0.00202. The van der Waals surface area contributed by atoms with E-state index in [4.69, 9.17) is 0 Å². The summed E-state index contributed by atoms with van der Waals surface area (Å²) in [5.41, 5.74) is 0. The number of nitrogens with zero attached hydrogens (tertiary/aromatic N) is 2. The van der Waals surface area contributed by atoms with Gasteiger partial charge in [0.25, 0.3) is 0 Å². The Kier molecular flexibility index (Phi) is 3.68. The van der Waals surface area contributed by atoms with Gasteiger partial charge in [-0.2, -0.15) is 0 Å². The zero-order chi connectivity index (χ0) is 10.8. The molecule has 0 amide bonds. The molecule has 0 saturated carbocycles. The minimum Gasteiger partial charge on any atom is -0.303 e. The van der Waals surface area contributed by atoms with E-state index in [0.717, 1.165) is 17.9 Å². The van der Waals surface area contributed by atoms with Crippen molar-refractivity contribution in [3.63, 3.8) is 0 Å². The number of hydrogen-bond acceptors (Lipinski definition) is 2. The maximum Gasteiger partial charge on any atom is 0.0120 e. The van der Waals surface area contributed by atoms with Crippen LogP contribution in [0.3, 0.4) is 0 Å². The van der Waals surface area contributed by atoms with Gasteiger partial charge in [-0.25, -0.2) is 0 Å². The quantitative estimate of drug-likeness (QED) is 0.703. The van der Waals surface area contributed by atoms with Crippen molar-refractivity contribution < 1.29 is 0 Å². The maximum atomic E-state index is 2.72. The van der Waals surface area contributed by atoms with Crippen molar-refractivity contribution in [2.24, 2.45) is 11.8 Å². The predicted molar refractivity (Wildman–Crippen MR) is 65.0 cm³/mol. The van der Waals surface area contributed by atoms with Gasteiger partial charge in [0.1, 0.15) is 0 Å². The molecule has 0 N–H and O–H groups in total. The molecule has 0 radical (unpaired) electrons. The molecule has 2 saturated heterocycles. The molecule has 2 nitrogen and oxygen atoms in total. The van der Waals surface area contributed by atoms with Gasteiger partial charge < -0.3 is 4.90 Å². The Hall–Kier alpha value is -0.0800. The summed E-state index contributed by atoms with van der Waals surface area (Å²) in [5.74, 6) is 1.87. The largest absolute Gasteiger partial charge is 0.303 e. The normalized spacial score (nSPS) is 27.2. The predicted octanol–water partition coefficient (Wildman–Crippen LogP) is 2.06. The first kappa shape index (κ1) is 11.4. The van der Waals surface area contributed by atoms with Crippen molar-refractivity contribution >= 4 is 0 Å². The fraction of sp³-hybridized carbons (Fsp3) is 1.00. The molecule has 2 aliphatic rings. The van der Waals surface area contributed by atoms with Gasteiger partial charge in [-0.1, -0.05) is 20.8 Å². The molecule has 2 rings (SSSR count). The Morgan fingerprint density at radius 2 is 1.73 bits per heavy atom. The van der Waals surface area contributed by atoms with Crippen LogP contribution in [0.2, 0.25) is 0 Å². The Morgan fingerprint density at radius 3 is 2.20 bits per heavy atom. The number of rotatable bonds is 3. The Labute approximate surface area is 94.6 Å². The summed E-state index contributed by atoms with van der Waals surface area (Å²) in [4.78, 5) is 5.30. The van der Waals surface area contributed by atoms with Gasteiger partial charge in [0, 0.05) is 19.1 Å². The second-order valence-corrected chi connectivity index (χ2v) is 5.62. The molecule has 0 atom stereocenters. The van der Waals surface area contributed by atoms with Crippen LogP contribution >= 0.6 is 0 Å². The molecule has 0 unspecified atom stereocenters. The van der Waals surface area contributed by atoms with E-state index in [9.17, 15) is 0 Å². The van der Waals surface area contributed by atoms with Crippen molar-refractivity contribution in [2.75, 3.05) is 32.7 Å².